The Morgan fingerprint density at radius 1 is 1.24 bits per heavy atom. The van der Waals surface area contributed by atoms with Gasteiger partial charge in [-0.05, 0) is 36.6 Å². The Kier molecular flexibility index (Phi) is 4.06. The zero-order valence-corrected chi connectivity index (χ0v) is 14.5. The Hall–Kier alpha value is -2.59. The number of aromatic nitrogens is 1. The van der Waals surface area contributed by atoms with E-state index >= 15 is 0 Å². The number of hydrogen-bond donors (Lipinski definition) is 2. The molecule has 0 bridgehead atoms. The fraction of sp³-hybridized carbons (Fsp3) is 0.286. The smallest absolute Gasteiger partial charge is 0.224 e. The number of aryl methyl sites for hydroxylation is 1. The molecule has 4 nitrogen and oxygen atoms in total. The lowest BCUT2D eigenvalue weighted by Crippen LogP contribution is -2.41. The molecule has 1 atom stereocenters. The summed E-state index contributed by atoms with van der Waals surface area (Å²) >= 11 is 0. The molecule has 0 spiro atoms. The average Bonchev–Trinajstić information content (AvgIpc) is 2.99. The van der Waals surface area contributed by atoms with Crippen LogP contribution in [0, 0.1) is 6.92 Å². The molecule has 1 unspecified atom stereocenters. The molecule has 1 aromatic heterocycles. The average molecular weight is 333 g/mol. The third-order valence-corrected chi connectivity index (χ3v) is 5.08. The minimum Gasteiger partial charge on any atom is -0.356 e. The molecule has 4 rings (SSSR count). The molecule has 3 aromatic rings. The van der Waals surface area contributed by atoms with Crippen LogP contribution >= 0.6 is 0 Å². The van der Waals surface area contributed by atoms with Crippen LogP contribution in [0.3, 0.4) is 0 Å². The van der Waals surface area contributed by atoms with E-state index in [0.717, 1.165) is 29.7 Å². The molecule has 0 saturated heterocycles. The molecule has 0 saturated carbocycles. The first kappa shape index (κ1) is 15.9. The molecule has 0 radical (unpaired) electrons. The summed E-state index contributed by atoms with van der Waals surface area (Å²) in [6.07, 6.45) is 1.26. The topological polar surface area (TPSA) is 62.1 Å². The second-order valence-electron chi connectivity index (χ2n) is 6.76. The summed E-state index contributed by atoms with van der Waals surface area (Å²) in [6, 6.07) is 16.7. The van der Waals surface area contributed by atoms with E-state index in [1.165, 1.54) is 16.5 Å². The maximum Gasteiger partial charge on any atom is 0.224 e. The normalized spacial score (nSPS) is 16.9. The number of rotatable bonds is 3. The Balaban J connectivity index is 1.88. The molecule has 2 aromatic carbocycles. The van der Waals surface area contributed by atoms with Crippen LogP contribution in [-0.4, -0.2) is 28.9 Å². The number of H-pyrrole nitrogens is 1. The Labute approximate surface area is 147 Å². The molecule has 3 N–H and O–H groups in total. The van der Waals surface area contributed by atoms with E-state index in [4.69, 9.17) is 5.73 Å². The first-order chi connectivity index (χ1) is 12.2. The Bertz CT molecular complexity index is 914. The number of hydrogen-bond acceptors (Lipinski definition) is 2. The van der Waals surface area contributed by atoms with Crippen molar-refractivity contribution in [3.8, 4) is 0 Å². The van der Waals surface area contributed by atoms with E-state index in [0.29, 0.717) is 13.0 Å². The second-order valence-corrected chi connectivity index (χ2v) is 6.76. The first-order valence-electron chi connectivity index (χ1n) is 8.84. The molecule has 1 amide bonds. The lowest BCUT2D eigenvalue weighted by molar-refractivity contribution is -0.133. The molecular weight excluding hydrogens is 310 g/mol. The predicted octanol–water partition coefficient (Wildman–Crippen LogP) is 3.30. The van der Waals surface area contributed by atoms with Crippen molar-refractivity contribution in [2.75, 3.05) is 13.1 Å². The standard InChI is InChI=1S/C21H23N3O/c1-14-7-8-18-17(13-14)16-10-12-24(19(25)9-11-22)21(20(16)23-18)15-5-3-2-4-6-15/h2-8,13,21,23H,9-12,22H2,1H3. The van der Waals surface area contributed by atoms with Gasteiger partial charge < -0.3 is 15.6 Å². The van der Waals surface area contributed by atoms with Crippen LogP contribution in [-0.2, 0) is 11.2 Å². The number of nitrogens with one attached hydrogen (secondary N) is 1. The van der Waals surface area contributed by atoms with Gasteiger partial charge in [0.25, 0.3) is 0 Å². The van der Waals surface area contributed by atoms with E-state index in [2.05, 4.69) is 42.2 Å². The summed E-state index contributed by atoms with van der Waals surface area (Å²) < 4.78 is 0. The van der Waals surface area contributed by atoms with Crippen molar-refractivity contribution in [1.82, 2.24) is 9.88 Å². The monoisotopic (exact) mass is 333 g/mol. The minimum absolute atomic E-state index is 0.0725. The van der Waals surface area contributed by atoms with E-state index in [1.807, 2.05) is 23.1 Å². The van der Waals surface area contributed by atoms with Crippen LogP contribution in [0.1, 0.15) is 34.8 Å². The third kappa shape index (κ3) is 2.72. The molecule has 0 fully saturated rings. The molecule has 0 aliphatic carbocycles. The highest BCUT2D eigenvalue weighted by molar-refractivity contribution is 5.87. The first-order valence-corrected chi connectivity index (χ1v) is 8.84. The van der Waals surface area contributed by atoms with E-state index in [9.17, 15) is 4.79 Å². The van der Waals surface area contributed by atoms with Gasteiger partial charge in [-0.3, -0.25) is 4.79 Å². The van der Waals surface area contributed by atoms with Crippen LogP contribution in [0.5, 0.6) is 0 Å². The van der Waals surface area contributed by atoms with Crippen molar-refractivity contribution in [2.24, 2.45) is 5.73 Å². The maximum atomic E-state index is 12.7. The number of nitrogens with two attached hydrogens (primary N) is 1. The molecule has 1 aliphatic heterocycles. The number of benzene rings is 2. The van der Waals surface area contributed by atoms with Crippen molar-refractivity contribution in [3.05, 3.63) is 70.9 Å². The summed E-state index contributed by atoms with van der Waals surface area (Å²) in [7, 11) is 0. The minimum atomic E-state index is -0.0725. The van der Waals surface area contributed by atoms with Crippen molar-refractivity contribution in [2.45, 2.75) is 25.8 Å². The van der Waals surface area contributed by atoms with Gasteiger partial charge in [0.15, 0.2) is 0 Å². The lowest BCUT2D eigenvalue weighted by atomic mass is 9.92. The Morgan fingerprint density at radius 2 is 2.04 bits per heavy atom. The number of fused-ring (bicyclic) bond motifs is 3. The van der Waals surface area contributed by atoms with Gasteiger partial charge in [-0.25, -0.2) is 0 Å². The largest absolute Gasteiger partial charge is 0.356 e. The van der Waals surface area contributed by atoms with Gasteiger partial charge in [-0.2, -0.15) is 0 Å². The highest BCUT2D eigenvalue weighted by atomic mass is 16.2. The second kappa shape index (κ2) is 6.37. The highest BCUT2D eigenvalue weighted by Gasteiger charge is 2.33. The summed E-state index contributed by atoms with van der Waals surface area (Å²) in [4.78, 5) is 18.3. The van der Waals surface area contributed by atoms with Gasteiger partial charge in [0.2, 0.25) is 5.91 Å². The maximum absolute atomic E-state index is 12.7. The van der Waals surface area contributed by atoms with Crippen LogP contribution in [0.15, 0.2) is 48.5 Å². The number of aromatic amines is 1. The van der Waals surface area contributed by atoms with Crippen molar-refractivity contribution >= 4 is 16.8 Å². The molecule has 4 heteroatoms. The third-order valence-electron chi connectivity index (χ3n) is 5.08. The molecule has 128 valence electrons. The molecule has 1 aliphatic rings. The van der Waals surface area contributed by atoms with Gasteiger partial charge >= 0.3 is 0 Å². The fourth-order valence-corrected chi connectivity index (χ4v) is 3.92. The summed E-state index contributed by atoms with van der Waals surface area (Å²) in [6.45, 7) is 3.23. The van der Waals surface area contributed by atoms with Crippen LogP contribution in [0.4, 0.5) is 0 Å². The number of nitrogens with zero attached hydrogens (tertiary/aromatic N) is 1. The van der Waals surface area contributed by atoms with Crippen LogP contribution < -0.4 is 5.73 Å². The van der Waals surface area contributed by atoms with E-state index in [-0.39, 0.29) is 11.9 Å². The van der Waals surface area contributed by atoms with Crippen LogP contribution in [0.2, 0.25) is 0 Å². The highest BCUT2D eigenvalue weighted by Crippen LogP contribution is 2.38. The van der Waals surface area contributed by atoms with Crippen molar-refractivity contribution in [1.29, 1.82) is 0 Å². The van der Waals surface area contributed by atoms with Gasteiger partial charge in [-0.15, -0.1) is 0 Å². The summed E-state index contributed by atoms with van der Waals surface area (Å²) in [5.74, 6) is 0.122. The quantitative estimate of drug-likeness (QED) is 0.772. The summed E-state index contributed by atoms with van der Waals surface area (Å²) in [5.41, 5.74) is 11.7. The molecular formula is C21H23N3O. The van der Waals surface area contributed by atoms with Gasteiger partial charge in [0.1, 0.15) is 0 Å². The number of carbonyl (C=O) groups is 1. The van der Waals surface area contributed by atoms with Crippen molar-refractivity contribution < 1.29 is 4.79 Å². The van der Waals surface area contributed by atoms with E-state index < -0.39 is 0 Å². The van der Waals surface area contributed by atoms with Crippen molar-refractivity contribution in [3.63, 3.8) is 0 Å². The molecule has 25 heavy (non-hydrogen) atoms. The zero-order chi connectivity index (χ0) is 17.4. The summed E-state index contributed by atoms with van der Waals surface area (Å²) in [5, 5.41) is 1.28. The lowest BCUT2D eigenvalue weighted by Gasteiger charge is -2.36. The SMILES string of the molecule is Cc1ccc2[nH]c3c(c2c1)CCN(C(=O)CCN)C3c1ccccc1. The van der Waals surface area contributed by atoms with Gasteiger partial charge in [-0.1, -0.05) is 42.0 Å². The molecule has 2 heterocycles. The van der Waals surface area contributed by atoms with Gasteiger partial charge in [0, 0.05) is 36.1 Å². The Morgan fingerprint density at radius 3 is 2.80 bits per heavy atom. The predicted molar refractivity (Wildman–Crippen MR) is 100 cm³/mol. The van der Waals surface area contributed by atoms with E-state index in [1.54, 1.807) is 0 Å². The zero-order valence-electron chi connectivity index (χ0n) is 14.5. The van der Waals surface area contributed by atoms with Gasteiger partial charge in [0.05, 0.1) is 6.04 Å². The number of amides is 1. The number of carbonyl (C=O) groups excluding carboxylic acids is 1. The van der Waals surface area contributed by atoms with Crippen LogP contribution in [0.25, 0.3) is 10.9 Å². The fourth-order valence-electron chi connectivity index (χ4n) is 3.92.